The van der Waals surface area contributed by atoms with Crippen molar-refractivity contribution in [1.82, 2.24) is 15.1 Å². The van der Waals surface area contributed by atoms with Crippen LogP contribution in [0.15, 0.2) is 29.3 Å². The number of nitrogens with one attached hydrogen (secondary N) is 1. The van der Waals surface area contributed by atoms with Crippen molar-refractivity contribution in [2.75, 3.05) is 41.3 Å². The molecule has 5 heteroatoms. The topological polar surface area (TPSA) is 40.1 Å². The Balaban J connectivity index is 2.48. The molecule has 0 atom stereocenters. The Bertz CT molecular complexity index is 456. The van der Waals surface area contributed by atoms with Gasteiger partial charge in [-0.15, -0.1) is 0 Å². The van der Waals surface area contributed by atoms with Crippen LogP contribution in [0.2, 0.25) is 0 Å². The maximum absolute atomic E-state index is 5.18. The van der Waals surface area contributed by atoms with Crippen molar-refractivity contribution in [3.05, 3.63) is 29.8 Å². The van der Waals surface area contributed by atoms with E-state index >= 15 is 0 Å². The van der Waals surface area contributed by atoms with Crippen LogP contribution in [0.5, 0.6) is 5.75 Å². The van der Waals surface area contributed by atoms with Gasteiger partial charge in [-0.3, -0.25) is 4.99 Å². The fourth-order valence-electron chi connectivity index (χ4n) is 2.07. The molecular weight excluding hydrogens is 276 g/mol. The van der Waals surface area contributed by atoms with E-state index in [1.165, 1.54) is 5.56 Å². The molecule has 0 radical (unpaired) electrons. The molecule has 0 aliphatic heterocycles. The van der Waals surface area contributed by atoms with E-state index in [2.05, 4.69) is 53.1 Å². The van der Waals surface area contributed by atoms with E-state index in [1.54, 1.807) is 7.11 Å². The highest BCUT2D eigenvalue weighted by molar-refractivity contribution is 5.79. The second kappa shape index (κ2) is 9.30. The summed E-state index contributed by atoms with van der Waals surface area (Å²) in [5.41, 5.74) is 1.23. The number of hydrogen-bond acceptors (Lipinski definition) is 3. The summed E-state index contributed by atoms with van der Waals surface area (Å²) in [6.45, 7) is 7.08. The predicted molar refractivity (Wildman–Crippen MR) is 93.6 cm³/mol. The highest BCUT2D eigenvalue weighted by atomic mass is 16.5. The average molecular weight is 306 g/mol. The highest BCUT2D eigenvalue weighted by Gasteiger charge is 2.08. The Hall–Kier alpha value is -1.75. The van der Waals surface area contributed by atoms with Crippen LogP contribution in [0.3, 0.4) is 0 Å². The zero-order valence-electron chi connectivity index (χ0n) is 14.8. The summed E-state index contributed by atoms with van der Waals surface area (Å²) in [6, 6.07) is 8.68. The zero-order valence-corrected chi connectivity index (χ0v) is 14.8. The Labute approximate surface area is 135 Å². The molecule has 0 bridgehead atoms. The van der Waals surface area contributed by atoms with Crippen molar-refractivity contribution in [3.8, 4) is 5.75 Å². The van der Waals surface area contributed by atoms with Crippen LogP contribution in [0.1, 0.15) is 19.4 Å². The molecule has 1 N–H and O–H groups in total. The van der Waals surface area contributed by atoms with Gasteiger partial charge in [0.25, 0.3) is 0 Å². The summed E-state index contributed by atoms with van der Waals surface area (Å²) < 4.78 is 5.18. The molecule has 5 nitrogen and oxygen atoms in total. The first-order chi connectivity index (χ1) is 10.5. The minimum Gasteiger partial charge on any atom is -0.497 e. The second-order valence-electron chi connectivity index (χ2n) is 5.75. The number of likely N-dealkylation sites (N-methyl/N-ethyl adjacent to an activating group) is 1. The molecule has 0 heterocycles. The molecule has 0 aliphatic carbocycles. The van der Waals surface area contributed by atoms with Crippen LogP contribution in [0, 0.1) is 0 Å². The number of guanidine groups is 1. The molecule has 0 aromatic heterocycles. The van der Waals surface area contributed by atoms with E-state index in [9.17, 15) is 0 Å². The largest absolute Gasteiger partial charge is 0.497 e. The molecule has 124 valence electrons. The summed E-state index contributed by atoms with van der Waals surface area (Å²) >= 11 is 0. The minimum atomic E-state index is 0.556. The van der Waals surface area contributed by atoms with Crippen molar-refractivity contribution in [1.29, 1.82) is 0 Å². The van der Waals surface area contributed by atoms with E-state index in [4.69, 9.17) is 4.74 Å². The second-order valence-corrected chi connectivity index (χ2v) is 5.75. The predicted octanol–water partition coefficient (Wildman–Crippen LogP) is 2.04. The van der Waals surface area contributed by atoms with Gasteiger partial charge in [-0.2, -0.15) is 0 Å². The number of hydrogen-bond donors (Lipinski definition) is 1. The van der Waals surface area contributed by atoms with Gasteiger partial charge in [0, 0.05) is 39.8 Å². The number of ether oxygens (including phenoxy) is 1. The molecule has 0 fully saturated rings. The first-order valence-electron chi connectivity index (χ1n) is 7.73. The van der Waals surface area contributed by atoms with E-state index in [-0.39, 0.29) is 0 Å². The normalized spacial score (nSPS) is 11.9. The third-order valence-electron chi connectivity index (χ3n) is 3.78. The molecule has 0 saturated carbocycles. The lowest BCUT2D eigenvalue weighted by Gasteiger charge is -2.25. The van der Waals surface area contributed by atoms with E-state index in [1.807, 2.05) is 26.2 Å². The Morgan fingerprint density at radius 1 is 1.23 bits per heavy atom. The summed E-state index contributed by atoms with van der Waals surface area (Å²) in [4.78, 5) is 8.78. The number of methoxy groups -OCH3 is 1. The van der Waals surface area contributed by atoms with Crippen molar-refractivity contribution < 1.29 is 4.74 Å². The number of nitrogens with zero attached hydrogens (tertiary/aromatic N) is 3. The maximum Gasteiger partial charge on any atom is 0.193 e. The van der Waals surface area contributed by atoms with Crippen molar-refractivity contribution in [3.63, 3.8) is 0 Å². The van der Waals surface area contributed by atoms with Gasteiger partial charge in [-0.1, -0.05) is 12.1 Å². The standard InChI is InChI=1S/C17H30N4O/c1-14(2)20(4)12-11-19-17(18-3)21(5)13-15-7-9-16(22-6)10-8-15/h7-10,14H,11-13H2,1-6H3,(H,18,19). The fraction of sp³-hybridized carbons (Fsp3) is 0.588. The van der Waals surface area contributed by atoms with E-state index in [0.29, 0.717) is 6.04 Å². The molecular formula is C17H30N4O. The Morgan fingerprint density at radius 3 is 2.36 bits per heavy atom. The molecule has 0 amide bonds. The average Bonchev–Trinajstić information content (AvgIpc) is 2.51. The first kappa shape index (κ1) is 18.3. The smallest absolute Gasteiger partial charge is 0.193 e. The molecule has 0 aliphatic rings. The molecule has 0 saturated heterocycles. The summed E-state index contributed by atoms with van der Waals surface area (Å²) in [5.74, 6) is 1.79. The van der Waals surface area contributed by atoms with Crippen molar-refractivity contribution in [2.45, 2.75) is 26.4 Å². The zero-order chi connectivity index (χ0) is 16.5. The molecule has 1 aromatic rings. The lowest BCUT2D eigenvalue weighted by Crippen LogP contribution is -2.42. The van der Waals surface area contributed by atoms with E-state index < -0.39 is 0 Å². The number of rotatable bonds is 7. The van der Waals surface area contributed by atoms with Gasteiger partial charge in [-0.05, 0) is 38.6 Å². The van der Waals surface area contributed by atoms with Gasteiger partial charge < -0.3 is 19.9 Å². The third-order valence-corrected chi connectivity index (χ3v) is 3.78. The lowest BCUT2D eigenvalue weighted by molar-refractivity contribution is 0.277. The van der Waals surface area contributed by atoms with E-state index in [0.717, 1.165) is 31.3 Å². The van der Waals surface area contributed by atoms with Gasteiger partial charge in [0.05, 0.1) is 7.11 Å². The summed E-state index contributed by atoms with van der Waals surface area (Å²) in [5, 5.41) is 3.41. The van der Waals surface area contributed by atoms with Crippen molar-refractivity contribution >= 4 is 5.96 Å². The van der Waals surface area contributed by atoms with Gasteiger partial charge in [-0.25, -0.2) is 0 Å². The molecule has 0 spiro atoms. The van der Waals surface area contributed by atoms with Gasteiger partial charge >= 0.3 is 0 Å². The maximum atomic E-state index is 5.18. The lowest BCUT2D eigenvalue weighted by atomic mass is 10.2. The van der Waals surface area contributed by atoms with Crippen LogP contribution in [0.25, 0.3) is 0 Å². The number of benzene rings is 1. The minimum absolute atomic E-state index is 0.556. The number of aliphatic imine (C=N–C) groups is 1. The van der Waals surface area contributed by atoms with Gasteiger partial charge in [0.2, 0.25) is 0 Å². The summed E-state index contributed by atoms with van der Waals surface area (Å²) in [7, 11) is 7.68. The highest BCUT2D eigenvalue weighted by Crippen LogP contribution is 2.12. The SMILES string of the molecule is CN=C(NCCN(C)C(C)C)N(C)Cc1ccc(OC)cc1. The van der Waals surface area contributed by atoms with Crippen LogP contribution >= 0.6 is 0 Å². The monoisotopic (exact) mass is 306 g/mol. The third kappa shape index (κ3) is 5.93. The fourth-order valence-corrected chi connectivity index (χ4v) is 2.07. The molecule has 0 unspecified atom stereocenters. The van der Waals surface area contributed by atoms with Crippen LogP contribution in [0.4, 0.5) is 0 Å². The molecule has 1 rings (SSSR count). The van der Waals surface area contributed by atoms with Crippen molar-refractivity contribution in [2.24, 2.45) is 4.99 Å². The Morgan fingerprint density at radius 2 is 1.86 bits per heavy atom. The Kier molecular flexibility index (Phi) is 7.74. The van der Waals surface area contributed by atoms with Gasteiger partial charge in [0.1, 0.15) is 5.75 Å². The van der Waals surface area contributed by atoms with Crippen LogP contribution in [-0.2, 0) is 6.54 Å². The summed E-state index contributed by atoms with van der Waals surface area (Å²) in [6.07, 6.45) is 0. The van der Waals surface area contributed by atoms with Gasteiger partial charge in [0.15, 0.2) is 5.96 Å². The van der Waals surface area contributed by atoms with Crippen LogP contribution in [-0.4, -0.2) is 63.1 Å². The quantitative estimate of drug-likeness (QED) is 0.618. The molecule has 22 heavy (non-hydrogen) atoms. The first-order valence-corrected chi connectivity index (χ1v) is 7.73. The van der Waals surface area contributed by atoms with Crippen LogP contribution < -0.4 is 10.1 Å². The molecule has 1 aromatic carbocycles.